The van der Waals surface area contributed by atoms with Gasteiger partial charge in [-0.2, -0.15) is 8.78 Å². The summed E-state index contributed by atoms with van der Waals surface area (Å²) in [5.74, 6) is 0.0763. The second kappa shape index (κ2) is 9.36. The van der Waals surface area contributed by atoms with Gasteiger partial charge in [0.2, 0.25) is 5.91 Å². The predicted molar refractivity (Wildman–Crippen MR) is 77.3 cm³/mol. The summed E-state index contributed by atoms with van der Waals surface area (Å²) in [7, 11) is 4.68. The largest absolute Gasteiger partial charge is 0.493 e. The van der Waals surface area contributed by atoms with E-state index in [4.69, 9.17) is 4.74 Å². The summed E-state index contributed by atoms with van der Waals surface area (Å²) >= 11 is 0. The van der Waals surface area contributed by atoms with Crippen molar-refractivity contribution in [1.82, 2.24) is 10.2 Å². The molecular formula is C13H19ClF2N2O3. The number of ether oxygens (including phenoxy) is 2. The molecule has 0 saturated heterocycles. The van der Waals surface area contributed by atoms with Crippen LogP contribution in [-0.2, 0) is 11.3 Å². The first kappa shape index (κ1) is 19.4. The van der Waals surface area contributed by atoms with Gasteiger partial charge in [-0.25, -0.2) is 0 Å². The molecular weight excluding hydrogens is 306 g/mol. The van der Waals surface area contributed by atoms with Crippen LogP contribution < -0.4 is 14.8 Å². The maximum atomic E-state index is 12.3. The van der Waals surface area contributed by atoms with Crippen LogP contribution in [0.1, 0.15) is 5.56 Å². The van der Waals surface area contributed by atoms with Gasteiger partial charge >= 0.3 is 6.61 Å². The van der Waals surface area contributed by atoms with E-state index < -0.39 is 6.61 Å². The molecule has 0 aliphatic rings. The molecule has 8 heteroatoms. The quantitative estimate of drug-likeness (QED) is 0.832. The minimum Gasteiger partial charge on any atom is -0.493 e. The van der Waals surface area contributed by atoms with Gasteiger partial charge in [-0.15, -0.1) is 12.4 Å². The van der Waals surface area contributed by atoms with E-state index in [9.17, 15) is 13.6 Å². The average Bonchev–Trinajstić information content (AvgIpc) is 2.38. The van der Waals surface area contributed by atoms with Crippen molar-refractivity contribution in [3.63, 3.8) is 0 Å². The van der Waals surface area contributed by atoms with Gasteiger partial charge in [0.05, 0.1) is 13.7 Å². The Kier molecular flexibility index (Phi) is 8.64. The number of amides is 1. The standard InChI is InChI=1S/C13H18F2N2O3.ClH/c1-16-7-12(18)17(2)8-9-4-5-10(19-3)11(6-9)20-13(14)15;/h4-6,13,16H,7-8H2,1-3H3;1H. The monoisotopic (exact) mass is 324 g/mol. The van der Waals surface area contributed by atoms with Crippen LogP contribution in [0.2, 0.25) is 0 Å². The molecule has 5 nitrogen and oxygen atoms in total. The molecule has 1 aromatic carbocycles. The highest BCUT2D eigenvalue weighted by Crippen LogP contribution is 2.29. The number of likely N-dealkylation sites (N-methyl/N-ethyl adjacent to an activating group) is 2. The van der Waals surface area contributed by atoms with Crippen LogP contribution in [-0.4, -0.2) is 45.2 Å². The van der Waals surface area contributed by atoms with Gasteiger partial charge in [0.25, 0.3) is 0 Å². The highest BCUT2D eigenvalue weighted by atomic mass is 35.5. The SMILES string of the molecule is CNCC(=O)N(C)Cc1ccc(OC)c(OC(F)F)c1.Cl. The average molecular weight is 325 g/mol. The summed E-state index contributed by atoms with van der Waals surface area (Å²) in [6, 6.07) is 4.66. The van der Waals surface area contributed by atoms with Crippen LogP contribution in [0, 0.1) is 0 Å². The van der Waals surface area contributed by atoms with Crippen LogP contribution >= 0.6 is 12.4 Å². The normalized spacial score (nSPS) is 10.0. The molecule has 0 aliphatic heterocycles. The summed E-state index contributed by atoms with van der Waals surface area (Å²) in [4.78, 5) is 13.1. The van der Waals surface area contributed by atoms with E-state index in [0.717, 1.165) is 0 Å². The molecule has 1 rings (SSSR count). The number of benzene rings is 1. The lowest BCUT2D eigenvalue weighted by molar-refractivity contribution is -0.129. The first-order chi connectivity index (χ1) is 9.47. The van der Waals surface area contributed by atoms with E-state index in [1.54, 1.807) is 20.2 Å². The smallest absolute Gasteiger partial charge is 0.387 e. The Morgan fingerprint density at radius 1 is 1.38 bits per heavy atom. The van der Waals surface area contributed by atoms with E-state index in [0.29, 0.717) is 12.1 Å². The molecule has 1 aromatic rings. The first-order valence-electron chi connectivity index (χ1n) is 5.98. The van der Waals surface area contributed by atoms with E-state index in [-0.39, 0.29) is 36.4 Å². The molecule has 0 bridgehead atoms. The third-order valence-electron chi connectivity index (χ3n) is 2.62. The van der Waals surface area contributed by atoms with E-state index >= 15 is 0 Å². The molecule has 0 atom stereocenters. The van der Waals surface area contributed by atoms with Crippen molar-refractivity contribution < 1.29 is 23.0 Å². The molecule has 0 aromatic heterocycles. The highest BCUT2D eigenvalue weighted by molar-refractivity contribution is 5.85. The van der Waals surface area contributed by atoms with Crippen molar-refractivity contribution >= 4 is 18.3 Å². The second-order valence-electron chi connectivity index (χ2n) is 4.14. The number of nitrogens with zero attached hydrogens (tertiary/aromatic N) is 1. The lowest BCUT2D eigenvalue weighted by Gasteiger charge is -2.18. The zero-order valence-electron chi connectivity index (χ0n) is 12.1. The molecule has 1 N–H and O–H groups in total. The molecule has 120 valence electrons. The number of hydrogen-bond acceptors (Lipinski definition) is 4. The topological polar surface area (TPSA) is 50.8 Å². The Bertz CT molecular complexity index is 461. The summed E-state index contributed by atoms with van der Waals surface area (Å²) in [5, 5.41) is 2.75. The van der Waals surface area contributed by atoms with E-state index in [2.05, 4.69) is 10.1 Å². The lowest BCUT2D eigenvalue weighted by atomic mass is 10.2. The molecule has 0 aliphatic carbocycles. The Balaban J connectivity index is 0.00000400. The fourth-order valence-electron chi connectivity index (χ4n) is 1.66. The zero-order chi connectivity index (χ0) is 15.1. The van der Waals surface area contributed by atoms with Crippen molar-refractivity contribution in [2.24, 2.45) is 0 Å². The molecule has 0 saturated carbocycles. The fraction of sp³-hybridized carbons (Fsp3) is 0.462. The third-order valence-corrected chi connectivity index (χ3v) is 2.62. The molecule has 1 amide bonds. The number of carbonyl (C=O) groups excluding carboxylic acids is 1. The van der Waals surface area contributed by atoms with Crippen LogP contribution in [0.25, 0.3) is 0 Å². The van der Waals surface area contributed by atoms with Crippen LogP contribution in [0.5, 0.6) is 11.5 Å². The molecule has 0 heterocycles. The Hall–Kier alpha value is -1.60. The Labute approximate surface area is 128 Å². The van der Waals surface area contributed by atoms with Crippen molar-refractivity contribution in [2.75, 3.05) is 27.7 Å². The van der Waals surface area contributed by atoms with Gasteiger partial charge in [0.1, 0.15) is 0 Å². The minimum absolute atomic E-state index is 0. The maximum Gasteiger partial charge on any atom is 0.387 e. The molecule has 21 heavy (non-hydrogen) atoms. The zero-order valence-corrected chi connectivity index (χ0v) is 12.9. The predicted octanol–water partition coefficient (Wildman–Crippen LogP) is 1.90. The number of carbonyl (C=O) groups is 1. The van der Waals surface area contributed by atoms with E-state index in [1.165, 1.54) is 24.1 Å². The van der Waals surface area contributed by atoms with Gasteiger partial charge in [-0.05, 0) is 24.7 Å². The van der Waals surface area contributed by atoms with Crippen LogP contribution in [0.3, 0.4) is 0 Å². The first-order valence-corrected chi connectivity index (χ1v) is 5.98. The third kappa shape index (κ3) is 6.14. The van der Waals surface area contributed by atoms with Gasteiger partial charge in [0, 0.05) is 13.6 Å². The van der Waals surface area contributed by atoms with Gasteiger partial charge in [-0.1, -0.05) is 6.07 Å². The minimum atomic E-state index is -2.93. The van der Waals surface area contributed by atoms with Crippen LogP contribution in [0.15, 0.2) is 18.2 Å². The summed E-state index contributed by atoms with van der Waals surface area (Å²) < 4.78 is 34.0. The fourth-order valence-corrected chi connectivity index (χ4v) is 1.66. The van der Waals surface area contributed by atoms with Crippen molar-refractivity contribution in [3.8, 4) is 11.5 Å². The maximum absolute atomic E-state index is 12.3. The number of methoxy groups -OCH3 is 1. The summed E-state index contributed by atoms with van der Waals surface area (Å²) in [6.45, 7) is -2.42. The molecule has 0 radical (unpaired) electrons. The second-order valence-corrected chi connectivity index (χ2v) is 4.14. The number of rotatable bonds is 7. The highest BCUT2D eigenvalue weighted by Gasteiger charge is 2.13. The molecule has 0 fully saturated rings. The van der Waals surface area contributed by atoms with Gasteiger partial charge < -0.3 is 19.7 Å². The number of nitrogens with one attached hydrogen (secondary N) is 1. The van der Waals surface area contributed by atoms with E-state index in [1.807, 2.05) is 0 Å². The van der Waals surface area contributed by atoms with Crippen molar-refractivity contribution in [3.05, 3.63) is 23.8 Å². The summed E-state index contributed by atoms with van der Waals surface area (Å²) in [6.07, 6.45) is 0. The van der Waals surface area contributed by atoms with Crippen LogP contribution in [0.4, 0.5) is 8.78 Å². The van der Waals surface area contributed by atoms with Crippen molar-refractivity contribution in [1.29, 1.82) is 0 Å². The van der Waals surface area contributed by atoms with Crippen molar-refractivity contribution in [2.45, 2.75) is 13.2 Å². The Morgan fingerprint density at radius 3 is 2.57 bits per heavy atom. The molecule has 0 unspecified atom stereocenters. The lowest BCUT2D eigenvalue weighted by Crippen LogP contribution is -2.33. The molecule has 0 spiro atoms. The number of hydrogen-bond donors (Lipinski definition) is 1. The van der Waals surface area contributed by atoms with Gasteiger partial charge in [0.15, 0.2) is 11.5 Å². The Morgan fingerprint density at radius 2 is 2.05 bits per heavy atom. The number of halogens is 3. The number of alkyl halides is 2. The van der Waals surface area contributed by atoms with Gasteiger partial charge in [-0.3, -0.25) is 4.79 Å². The summed E-state index contributed by atoms with van der Waals surface area (Å²) in [5.41, 5.74) is 0.674.